The average molecular weight is 938 g/mol. The van der Waals surface area contributed by atoms with Crippen molar-refractivity contribution in [3.63, 3.8) is 0 Å². The Labute approximate surface area is 394 Å². The molecule has 2 amide bonds. The number of anilines is 2. The largest absolute Gasteiger partial charge is 0.478 e. The van der Waals surface area contributed by atoms with E-state index in [0.29, 0.717) is 46.2 Å². The number of carbonyl (C=O) groups is 3. The van der Waals surface area contributed by atoms with E-state index in [4.69, 9.17) is 64.7 Å². The van der Waals surface area contributed by atoms with Gasteiger partial charge in [-0.2, -0.15) is 10.2 Å². The standard InChI is InChI=1S/C22H24ClN5O.C20H28N4O2.C7H6ClNO2/c1-13-10-18(14-5-6-14)25-21-12-19(26-28(13)21)20-4-2-3-9-27(20)22(29)16-11-15(23)7-8-17(16)24;1-13-11-15(14-8-9-14)21-18-12-16(22-24(13)18)17-7-5-6-10-23(17)19(25)26-20(2,3)4;8-4-1-2-6(9)5(3-4)7(10)11/h7-8,10-12,14,20H,2-6,9,24H2,1H3;11-12,14,17H,5-10H2,1-4H3;1-3H,9H2,(H,10,11)/t20-;17-;/m00./s1. The molecule has 6 heterocycles. The third-order valence-corrected chi connectivity index (χ3v) is 12.8. The maximum atomic E-state index is 13.3. The van der Waals surface area contributed by atoms with Gasteiger partial charge >= 0.3 is 12.1 Å². The first kappa shape index (κ1) is 46.6. The molecule has 2 saturated carbocycles. The van der Waals surface area contributed by atoms with Crippen LogP contribution in [0.1, 0.15) is 164 Å². The lowest BCUT2D eigenvalue weighted by molar-refractivity contribution is 0.00894. The molecule has 4 fully saturated rings. The smallest absolute Gasteiger partial charge is 0.410 e. The van der Waals surface area contributed by atoms with Crippen LogP contribution < -0.4 is 11.5 Å². The van der Waals surface area contributed by atoms with Gasteiger partial charge in [-0.25, -0.2) is 28.6 Å². The fourth-order valence-corrected chi connectivity index (χ4v) is 9.02. The van der Waals surface area contributed by atoms with Crippen LogP contribution in [-0.4, -0.2) is 80.8 Å². The van der Waals surface area contributed by atoms with Crippen LogP contribution in [0.4, 0.5) is 16.2 Å². The van der Waals surface area contributed by atoms with Crippen molar-refractivity contribution in [1.82, 2.24) is 39.0 Å². The van der Waals surface area contributed by atoms with Crippen LogP contribution >= 0.6 is 23.2 Å². The number of fused-ring (bicyclic) bond motifs is 2. The molecule has 6 aromatic rings. The molecular formula is C49H58Cl2N10O5. The number of hydrogen-bond donors (Lipinski definition) is 3. The molecule has 2 aliphatic heterocycles. The van der Waals surface area contributed by atoms with Crippen molar-refractivity contribution in [2.24, 2.45) is 0 Å². The van der Waals surface area contributed by atoms with Crippen molar-refractivity contribution in [2.45, 2.75) is 128 Å². The Balaban J connectivity index is 0.000000147. The lowest BCUT2D eigenvalue weighted by Crippen LogP contribution is -2.42. The van der Waals surface area contributed by atoms with Gasteiger partial charge in [-0.3, -0.25) is 9.69 Å². The Kier molecular flexibility index (Phi) is 13.5. The van der Waals surface area contributed by atoms with E-state index in [1.807, 2.05) is 51.7 Å². The molecular weight excluding hydrogens is 880 g/mol. The lowest BCUT2D eigenvalue weighted by Gasteiger charge is -2.35. The third-order valence-electron chi connectivity index (χ3n) is 12.3. The number of ether oxygens (including phenoxy) is 1. The average Bonchev–Trinajstić information content (AvgIpc) is 4.22. The number of nitrogen functional groups attached to an aromatic ring is 2. The Bertz CT molecular complexity index is 2790. The summed E-state index contributed by atoms with van der Waals surface area (Å²) in [5, 5.41) is 19.1. The second-order valence-corrected chi connectivity index (χ2v) is 19.7. The zero-order valence-corrected chi connectivity index (χ0v) is 39.6. The number of rotatable bonds is 6. The first-order valence-electron chi connectivity index (χ1n) is 22.8. The lowest BCUT2D eigenvalue weighted by atomic mass is 9.98. The van der Waals surface area contributed by atoms with E-state index in [-0.39, 0.29) is 35.3 Å². The Morgan fingerprint density at radius 2 is 1.09 bits per heavy atom. The second kappa shape index (κ2) is 19.1. The molecule has 15 nitrogen and oxygen atoms in total. The summed E-state index contributed by atoms with van der Waals surface area (Å²) < 4.78 is 9.42. The van der Waals surface area contributed by atoms with Gasteiger partial charge in [-0.05, 0) is 147 Å². The normalized spacial score (nSPS) is 18.6. The van der Waals surface area contributed by atoms with Crippen LogP contribution in [0.5, 0.6) is 0 Å². The number of aromatic carboxylic acids is 1. The van der Waals surface area contributed by atoms with E-state index in [1.54, 1.807) is 24.3 Å². The van der Waals surface area contributed by atoms with Crippen molar-refractivity contribution in [2.75, 3.05) is 24.6 Å². The highest BCUT2D eigenvalue weighted by molar-refractivity contribution is 6.31. The number of carboxylic acid groups (broad SMARTS) is 1. The first-order valence-corrected chi connectivity index (χ1v) is 23.6. The van der Waals surface area contributed by atoms with Crippen molar-refractivity contribution in [3.05, 3.63) is 116 Å². The molecule has 2 atom stereocenters. The highest BCUT2D eigenvalue weighted by atomic mass is 35.5. The molecule has 0 spiro atoms. The van der Waals surface area contributed by atoms with Crippen LogP contribution in [0.25, 0.3) is 11.3 Å². The predicted octanol–water partition coefficient (Wildman–Crippen LogP) is 10.5. The van der Waals surface area contributed by atoms with Gasteiger partial charge in [0.05, 0.1) is 34.6 Å². The molecule has 0 bridgehead atoms. The van der Waals surface area contributed by atoms with E-state index in [9.17, 15) is 14.4 Å². The highest BCUT2D eigenvalue weighted by Crippen LogP contribution is 2.41. The Hall–Kier alpha value is -5.93. The first-order chi connectivity index (χ1) is 31.4. The molecule has 0 unspecified atom stereocenters. The van der Waals surface area contributed by atoms with Gasteiger partial charge in [0.25, 0.3) is 5.91 Å². The summed E-state index contributed by atoms with van der Waals surface area (Å²) in [5.41, 5.74) is 20.2. The maximum absolute atomic E-state index is 13.3. The minimum Gasteiger partial charge on any atom is -0.478 e. The van der Waals surface area contributed by atoms with Crippen LogP contribution in [0.2, 0.25) is 10.0 Å². The molecule has 4 aliphatic rings. The highest BCUT2D eigenvalue weighted by Gasteiger charge is 2.35. The summed E-state index contributed by atoms with van der Waals surface area (Å²) in [6.07, 6.45) is 10.6. The summed E-state index contributed by atoms with van der Waals surface area (Å²) >= 11 is 11.7. The number of hydrogen-bond acceptors (Lipinski definition) is 10. The maximum Gasteiger partial charge on any atom is 0.410 e. The van der Waals surface area contributed by atoms with E-state index < -0.39 is 11.6 Å². The summed E-state index contributed by atoms with van der Waals surface area (Å²) in [5.74, 6) is 0.0562. The fraction of sp³-hybridized carbons (Fsp3) is 0.449. The van der Waals surface area contributed by atoms with Gasteiger partial charge in [-0.1, -0.05) is 23.2 Å². The summed E-state index contributed by atoms with van der Waals surface area (Å²) in [6.45, 7) is 11.2. The minimum atomic E-state index is -1.06. The monoisotopic (exact) mass is 936 g/mol. The number of nitrogens with zero attached hydrogens (tertiary/aromatic N) is 8. The number of carbonyl (C=O) groups excluding carboxylic acids is 2. The number of aryl methyl sites for hydroxylation is 2. The van der Waals surface area contributed by atoms with Crippen LogP contribution in [-0.2, 0) is 4.74 Å². The van der Waals surface area contributed by atoms with Crippen molar-refractivity contribution in [3.8, 4) is 0 Å². The van der Waals surface area contributed by atoms with E-state index in [1.165, 1.54) is 43.5 Å². The Morgan fingerprint density at radius 3 is 1.55 bits per heavy atom. The Morgan fingerprint density at radius 1 is 0.636 bits per heavy atom. The van der Waals surface area contributed by atoms with Crippen LogP contribution in [0, 0.1) is 13.8 Å². The molecule has 10 rings (SSSR count). The number of piperidine rings is 2. The molecule has 2 aromatic carbocycles. The van der Waals surface area contributed by atoms with Gasteiger partial charge in [0.15, 0.2) is 11.3 Å². The molecule has 5 N–H and O–H groups in total. The molecule has 2 aliphatic carbocycles. The fourth-order valence-electron chi connectivity index (χ4n) is 8.68. The number of amides is 2. The van der Waals surface area contributed by atoms with Gasteiger partial charge in [0.2, 0.25) is 0 Å². The number of benzene rings is 2. The topological polar surface area (TPSA) is 200 Å². The molecule has 348 valence electrons. The van der Waals surface area contributed by atoms with Crippen molar-refractivity contribution in [1.29, 1.82) is 0 Å². The molecule has 4 aromatic heterocycles. The minimum absolute atomic E-state index is 0.0379. The molecule has 0 radical (unpaired) electrons. The van der Waals surface area contributed by atoms with E-state index in [0.717, 1.165) is 78.3 Å². The summed E-state index contributed by atoms with van der Waals surface area (Å²) in [4.78, 5) is 49.8. The van der Waals surface area contributed by atoms with Crippen LogP contribution in [0.3, 0.4) is 0 Å². The second-order valence-electron chi connectivity index (χ2n) is 18.8. The van der Waals surface area contributed by atoms with Gasteiger partial charge in [0.1, 0.15) is 5.60 Å². The zero-order chi connectivity index (χ0) is 47.0. The van der Waals surface area contributed by atoms with Crippen molar-refractivity contribution < 1.29 is 24.2 Å². The van der Waals surface area contributed by atoms with Crippen molar-refractivity contribution >= 4 is 63.8 Å². The quantitative estimate of drug-likeness (QED) is 0.134. The van der Waals surface area contributed by atoms with E-state index >= 15 is 0 Å². The zero-order valence-electron chi connectivity index (χ0n) is 38.1. The summed E-state index contributed by atoms with van der Waals surface area (Å²) in [7, 11) is 0. The van der Waals surface area contributed by atoms with Gasteiger partial charge < -0.3 is 26.2 Å². The number of aromatic nitrogens is 6. The van der Waals surface area contributed by atoms with E-state index in [2.05, 4.69) is 26.0 Å². The van der Waals surface area contributed by atoms with Gasteiger partial charge in [0, 0.05) is 81.3 Å². The summed E-state index contributed by atoms with van der Waals surface area (Å²) in [6, 6.07) is 17.6. The van der Waals surface area contributed by atoms with Gasteiger partial charge in [-0.15, -0.1) is 0 Å². The number of carboxylic acids is 1. The van der Waals surface area contributed by atoms with Crippen LogP contribution in [0.15, 0.2) is 60.7 Å². The molecule has 2 saturated heterocycles. The number of halogens is 2. The predicted molar refractivity (Wildman–Crippen MR) is 255 cm³/mol. The number of nitrogens with two attached hydrogens (primary N) is 2. The third kappa shape index (κ3) is 10.7. The molecule has 17 heteroatoms. The molecule has 66 heavy (non-hydrogen) atoms. The number of likely N-dealkylation sites (tertiary alicyclic amines) is 2. The SMILES string of the molecule is Cc1cc(C2CC2)nc2cc([C@@H]3CCCCN3C(=O)OC(C)(C)C)nn12.Cc1cc(C2CC2)nc2cc([C@@H]3CCCCN3C(=O)c3cc(Cl)ccc3N)nn12.Nc1ccc(Cl)cc1C(=O)O.